The van der Waals surface area contributed by atoms with Crippen LogP contribution < -0.4 is 0 Å². The van der Waals surface area contributed by atoms with Gasteiger partial charge in [-0.25, -0.2) is 4.99 Å². The van der Waals surface area contributed by atoms with Crippen LogP contribution in [-0.4, -0.2) is 24.0 Å². The maximum atomic E-state index is 5.70. The summed E-state index contributed by atoms with van der Waals surface area (Å²) >= 11 is 5.70. The van der Waals surface area contributed by atoms with Crippen molar-refractivity contribution in [3.63, 3.8) is 0 Å². The van der Waals surface area contributed by atoms with Crippen LogP contribution in [0.25, 0.3) is 0 Å². The van der Waals surface area contributed by atoms with E-state index >= 15 is 0 Å². The fourth-order valence-corrected chi connectivity index (χ4v) is 0.601. The van der Waals surface area contributed by atoms with Crippen LogP contribution in [0.4, 0.5) is 0 Å². The predicted molar refractivity (Wildman–Crippen MR) is 36.1 cm³/mol. The summed E-state index contributed by atoms with van der Waals surface area (Å²) in [6, 6.07) is 0.189. The van der Waals surface area contributed by atoms with E-state index < -0.39 is 0 Å². The maximum Gasteiger partial charge on any atom is 0.109 e. The maximum absolute atomic E-state index is 5.70. The Bertz CT molecular complexity index is 114. The lowest BCUT2D eigenvalue weighted by molar-refractivity contribution is 0.789. The van der Waals surface area contributed by atoms with Crippen molar-refractivity contribution in [1.82, 2.24) is 0 Å². The molecule has 2 nitrogen and oxygen atoms in total. The van der Waals surface area contributed by atoms with E-state index in [2.05, 4.69) is 9.98 Å². The van der Waals surface area contributed by atoms with E-state index in [4.69, 9.17) is 11.6 Å². The van der Waals surface area contributed by atoms with Gasteiger partial charge in [-0.2, -0.15) is 0 Å². The molecule has 1 heterocycles. The third kappa shape index (κ3) is 1.07. The molecule has 0 spiro atoms. The topological polar surface area (TPSA) is 24.7 Å². The lowest BCUT2D eigenvalue weighted by atomic mass is 10.2. The SMILES string of the molecule is CC1N=CN=CC1Cl. The van der Waals surface area contributed by atoms with Crippen molar-refractivity contribution in [2.75, 3.05) is 0 Å². The van der Waals surface area contributed by atoms with Crippen molar-refractivity contribution in [2.45, 2.75) is 18.3 Å². The molecule has 0 amide bonds. The zero-order chi connectivity index (χ0) is 5.98. The number of hydrogen-bond acceptors (Lipinski definition) is 2. The van der Waals surface area contributed by atoms with Gasteiger partial charge in [0.25, 0.3) is 0 Å². The van der Waals surface area contributed by atoms with Crippen LogP contribution in [0.2, 0.25) is 0 Å². The van der Waals surface area contributed by atoms with Crippen LogP contribution in [0.15, 0.2) is 9.98 Å². The second-order valence-corrected chi connectivity index (χ2v) is 2.25. The summed E-state index contributed by atoms with van der Waals surface area (Å²) in [5.41, 5.74) is 0. The molecule has 0 aliphatic carbocycles. The summed E-state index contributed by atoms with van der Waals surface area (Å²) in [5.74, 6) is 0. The van der Waals surface area contributed by atoms with E-state index in [1.807, 2.05) is 6.92 Å². The molecule has 2 atom stereocenters. The Kier molecular flexibility index (Phi) is 1.63. The number of rotatable bonds is 0. The van der Waals surface area contributed by atoms with Gasteiger partial charge in [0.2, 0.25) is 0 Å². The van der Waals surface area contributed by atoms with Gasteiger partial charge in [-0.1, -0.05) is 0 Å². The van der Waals surface area contributed by atoms with Crippen molar-refractivity contribution in [2.24, 2.45) is 9.98 Å². The number of hydrogen-bond donors (Lipinski definition) is 0. The molecule has 0 bridgehead atoms. The molecule has 1 aliphatic rings. The molecule has 44 valence electrons. The quantitative estimate of drug-likeness (QED) is 0.439. The first-order valence-electron chi connectivity index (χ1n) is 2.50. The first kappa shape index (κ1) is 5.76. The highest BCUT2D eigenvalue weighted by atomic mass is 35.5. The Morgan fingerprint density at radius 2 is 2.38 bits per heavy atom. The molecule has 0 fully saturated rings. The highest BCUT2D eigenvalue weighted by Crippen LogP contribution is 2.05. The molecule has 0 aromatic heterocycles. The molecule has 0 saturated heterocycles. The minimum atomic E-state index is -0.0139. The zero-order valence-corrected chi connectivity index (χ0v) is 5.34. The average Bonchev–Trinajstić information content (AvgIpc) is 1.77. The van der Waals surface area contributed by atoms with Gasteiger partial charge in [-0.15, -0.1) is 11.6 Å². The van der Waals surface area contributed by atoms with Crippen LogP contribution in [0.1, 0.15) is 6.92 Å². The minimum Gasteiger partial charge on any atom is -0.269 e. The van der Waals surface area contributed by atoms with Gasteiger partial charge in [0.05, 0.1) is 11.4 Å². The fraction of sp³-hybridized carbons (Fsp3) is 0.600. The van der Waals surface area contributed by atoms with Gasteiger partial charge in [-0.05, 0) is 6.92 Å². The molecule has 0 radical (unpaired) electrons. The second kappa shape index (κ2) is 2.27. The smallest absolute Gasteiger partial charge is 0.109 e. The average molecular weight is 131 g/mol. The van der Waals surface area contributed by atoms with Crippen molar-refractivity contribution in [3.05, 3.63) is 0 Å². The Morgan fingerprint density at radius 3 is 2.75 bits per heavy atom. The first-order chi connectivity index (χ1) is 3.80. The summed E-state index contributed by atoms with van der Waals surface area (Å²) in [7, 11) is 0. The Balaban J connectivity index is 2.59. The summed E-state index contributed by atoms with van der Waals surface area (Å²) in [4.78, 5) is 7.72. The summed E-state index contributed by atoms with van der Waals surface area (Å²) in [6.45, 7) is 1.96. The highest BCUT2D eigenvalue weighted by molar-refractivity contribution is 6.29. The zero-order valence-electron chi connectivity index (χ0n) is 4.58. The van der Waals surface area contributed by atoms with E-state index in [9.17, 15) is 0 Å². The van der Waals surface area contributed by atoms with Crippen LogP contribution >= 0.6 is 11.6 Å². The molecule has 8 heavy (non-hydrogen) atoms. The standard InChI is InChI=1S/C5H7ClN2/c1-4-5(6)2-7-3-8-4/h2-5H,1H3. The summed E-state index contributed by atoms with van der Waals surface area (Å²) in [5, 5.41) is -0.0139. The third-order valence-corrected chi connectivity index (χ3v) is 1.54. The molecule has 0 aromatic rings. The van der Waals surface area contributed by atoms with E-state index in [-0.39, 0.29) is 11.4 Å². The minimum absolute atomic E-state index is 0.0139. The van der Waals surface area contributed by atoms with Gasteiger partial charge >= 0.3 is 0 Å². The van der Waals surface area contributed by atoms with Crippen molar-refractivity contribution in [1.29, 1.82) is 0 Å². The number of alkyl halides is 1. The van der Waals surface area contributed by atoms with E-state index in [0.717, 1.165) is 0 Å². The molecule has 1 rings (SSSR count). The molecular weight excluding hydrogens is 124 g/mol. The van der Waals surface area contributed by atoms with Gasteiger partial charge < -0.3 is 0 Å². The molecular formula is C5H7ClN2. The Labute approximate surface area is 53.3 Å². The molecule has 0 N–H and O–H groups in total. The Morgan fingerprint density at radius 1 is 1.62 bits per heavy atom. The van der Waals surface area contributed by atoms with Crippen LogP contribution in [0, 0.1) is 0 Å². The normalized spacial score (nSPS) is 35.8. The van der Waals surface area contributed by atoms with Gasteiger partial charge in [-0.3, -0.25) is 4.99 Å². The number of halogens is 1. The van der Waals surface area contributed by atoms with Gasteiger partial charge in [0, 0.05) is 6.21 Å². The second-order valence-electron chi connectivity index (χ2n) is 1.75. The molecule has 0 saturated carbocycles. The molecule has 2 unspecified atom stereocenters. The first-order valence-corrected chi connectivity index (χ1v) is 2.93. The monoisotopic (exact) mass is 130 g/mol. The van der Waals surface area contributed by atoms with E-state index in [1.54, 1.807) is 6.21 Å². The van der Waals surface area contributed by atoms with Crippen LogP contribution in [0.3, 0.4) is 0 Å². The Hall–Kier alpha value is -0.370. The van der Waals surface area contributed by atoms with Crippen molar-refractivity contribution in [3.8, 4) is 0 Å². The fourth-order valence-electron chi connectivity index (χ4n) is 0.471. The van der Waals surface area contributed by atoms with E-state index in [0.29, 0.717) is 0 Å². The van der Waals surface area contributed by atoms with Crippen molar-refractivity contribution >= 4 is 24.2 Å². The van der Waals surface area contributed by atoms with Gasteiger partial charge in [0.15, 0.2) is 0 Å². The van der Waals surface area contributed by atoms with Gasteiger partial charge in [0.1, 0.15) is 6.34 Å². The predicted octanol–water partition coefficient (Wildman–Crippen LogP) is 1.09. The molecule has 1 aliphatic heterocycles. The molecule has 3 heteroatoms. The molecule has 0 aromatic carbocycles. The summed E-state index contributed by atoms with van der Waals surface area (Å²) < 4.78 is 0. The number of aliphatic imine (C=N–C) groups is 2. The highest BCUT2D eigenvalue weighted by Gasteiger charge is 2.10. The van der Waals surface area contributed by atoms with Crippen LogP contribution in [0.5, 0.6) is 0 Å². The largest absolute Gasteiger partial charge is 0.269 e. The van der Waals surface area contributed by atoms with E-state index in [1.165, 1.54) is 6.34 Å². The lowest BCUT2D eigenvalue weighted by Crippen LogP contribution is -2.19. The number of nitrogens with zero attached hydrogens (tertiary/aromatic N) is 2. The van der Waals surface area contributed by atoms with Crippen molar-refractivity contribution < 1.29 is 0 Å². The third-order valence-electron chi connectivity index (χ3n) is 1.06. The summed E-state index contributed by atoms with van der Waals surface area (Å²) in [6.07, 6.45) is 3.22. The lowest BCUT2D eigenvalue weighted by Gasteiger charge is -2.09. The van der Waals surface area contributed by atoms with Crippen LogP contribution in [-0.2, 0) is 0 Å².